The van der Waals surface area contributed by atoms with Crippen molar-refractivity contribution in [2.75, 3.05) is 6.61 Å². The molecule has 0 atom stereocenters. The number of fused-ring (bicyclic) bond motifs is 1. The first-order valence-corrected chi connectivity index (χ1v) is 5.47. The molecule has 4 heteroatoms. The molecule has 0 fully saturated rings. The molecule has 1 aromatic carbocycles. The number of thiophene rings is 1. The minimum atomic E-state index is -0.318. The molecule has 0 unspecified atom stereocenters. The van der Waals surface area contributed by atoms with Gasteiger partial charge in [-0.3, -0.25) is 0 Å². The topological polar surface area (TPSA) is 9.23 Å². The lowest BCUT2D eigenvalue weighted by Gasteiger charge is -2.05. The van der Waals surface area contributed by atoms with Crippen molar-refractivity contribution in [1.82, 2.24) is 0 Å². The minimum Gasteiger partial charge on any atom is -0.491 e. The van der Waals surface area contributed by atoms with Crippen LogP contribution in [-0.4, -0.2) is 6.61 Å². The monoisotopic (exact) mass is 230 g/mol. The Bertz CT molecular complexity index is 466. The average molecular weight is 231 g/mol. The summed E-state index contributed by atoms with van der Waals surface area (Å²) in [4.78, 5) is 0. The maximum Gasteiger partial charge on any atom is 0.182 e. The lowest BCUT2D eigenvalue weighted by Crippen LogP contribution is -1.94. The lowest BCUT2D eigenvalue weighted by atomic mass is 10.2. The third kappa shape index (κ3) is 1.47. The zero-order chi connectivity index (χ0) is 10.1. The second-order valence-corrected chi connectivity index (χ2v) is 4.09. The molecule has 2 aromatic rings. The van der Waals surface area contributed by atoms with Crippen LogP contribution in [0.5, 0.6) is 5.75 Å². The van der Waals surface area contributed by atoms with Crippen molar-refractivity contribution in [3.63, 3.8) is 0 Å². The van der Waals surface area contributed by atoms with Gasteiger partial charge in [-0.2, -0.15) is 0 Å². The first kappa shape index (κ1) is 9.74. The van der Waals surface area contributed by atoms with E-state index in [1.165, 1.54) is 17.4 Å². The molecule has 0 saturated carbocycles. The average Bonchev–Trinajstić information content (AvgIpc) is 2.63. The van der Waals surface area contributed by atoms with E-state index in [4.69, 9.17) is 16.3 Å². The van der Waals surface area contributed by atoms with Gasteiger partial charge in [-0.15, -0.1) is 11.3 Å². The molecule has 0 saturated heterocycles. The molecule has 1 heterocycles. The summed E-state index contributed by atoms with van der Waals surface area (Å²) in [6.45, 7) is 2.25. The molecule has 2 rings (SSSR count). The van der Waals surface area contributed by atoms with Crippen molar-refractivity contribution in [2.45, 2.75) is 6.92 Å². The lowest BCUT2D eigenvalue weighted by molar-refractivity contribution is 0.323. The Kier molecular flexibility index (Phi) is 2.61. The highest BCUT2D eigenvalue weighted by molar-refractivity contribution is 7.17. The first-order valence-electron chi connectivity index (χ1n) is 4.22. The third-order valence-electron chi connectivity index (χ3n) is 1.90. The SMILES string of the molecule is CCOc1cc(Cl)c2ccsc2c1F. The number of halogens is 2. The van der Waals surface area contributed by atoms with Gasteiger partial charge in [-0.25, -0.2) is 4.39 Å². The summed E-state index contributed by atoms with van der Waals surface area (Å²) < 4.78 is 19.4. The van der Waals surface area contributed by atoms with Gasteiger partial charge in [0.25, 0.3) is 0 Å². The van der Waals surface area contributed by atoms with Crippen LogP contribution >= 0.6 is 22.9 Å². The number of hydrogen-bond acceptors (Lipinski definition) is 2. The molecule has 14 heavy (non-hydrogen) atoms. The molecule has 0 aliphatic heterocycles. The molecule has 0 spiro atoms. The van der Waals surface area contributed by atoms with Gasteiger partial charge in [-0.05, 0) is 18.4 Å². The van der Waals surface area contributed by atoms with Gasteiger partial charge in [-0.1, -0.05) is 11.6 Å². The van der Waals surface area contributed by atoms with Gasteiger partial charge in [0.2, 0.25) is 0 Å². The van der Waals surface area contributed by atoms with E-state index in [2.05, 4.69) is 0 Å². The van der Waals surface area contributed by atoms with E-state index in [1.807, 2.05) is 12.3 Å². The molecule has 0 N–H and O–H groups in total. The van der Waals surface area contributed by atoms with E-state index in [1.54, 1.807) is 6.07 Å². The van der Waals surface area contributed by atoms with E-state index in [-0.39, 0.29) is 11.6 Å². The van der Waals surface area contributed by atoms with Gasteiger partial charge >= 0.3 is 0 Å². The van der Waals surface area contributed by atoms with Gasteiger partial charge in [0.15, 0.2) is 11.6 Å². The highest BCUT2D eigenvalue weighted by Gasteiger charge is 2.12. The second-order valence-electron chi connectivity index (χ2n) is 2.77. The van der Waals surface area contributed by atoms with Crippen LogP contribution in [0, 0.1) is 5.82 Å². The van der Waals surface area contributed by atoms with Crippen LogP contribution in [0.1, 0.15) is 6.92 Å². The van der Waals surface area contributed by atoms with E-state index in [0.29, 0.717) is 16.3 Å². The van der Waals surface area contributed by atoms with Crippen LogP contribution in [-0.2, 0) is 0 Å². The first-order chi connectivity index (χ1) is 6.74. The fourth-order valence-electron chi connectivity index (χ4n) is 1.30. The predicted molar refractivity (Wildman–Crippen MR) is 58.0 cm³/mol. The Labute approximate surface area is 90.1 Å². The van der Waals surface area contributed by atoms with E-state index >= 15 is 0 Å². The molecule has 74 valence electrons. The molecule has 1 aromatic heterocycles. The Balaban J connectivity index is 2.68. The quantitative estimate of drug-likeness (QED) is 0.755. The highest BCUT2D eigenvalue weighted by Crippen LogP contribution is 2.35. The van der Waals surface area contributed by atoms with Crippen LogP contribution in [0.3, 0.4) is 0 Å². The highest BCUT2D eigenvalue weighted by atomic mass is 35.5. The summed E-state index contributed by atoms with van der Waals surface area (Å²) in [6, 6.07) is 3.33. The standard InChI is InChI=1S/C10H8ClFOS/c1-2-13-8-5-7(11)6-3-4-14-10(6)9(8)12/h3-5H,2H2,1H3. The zero-order valence-electron chi connectivity index (χ0n) is 7.51. The molecule has 1 nitrogen and oxygen atoms in total. The van der Waals surface area contributed by atoms with Gasteiger partial charge < -0.3 is 4.74 Å². The largest absolute Gasteiger partial charge is 0.491 e. The fourth-order valence-corrected chi connectivity index (χ4v) is 2.46. The molecule has 0 aliphatic carbocycles. The van der Waals surface area contributed by atoms with Crippen molar-refractivity contribution in [2.24, 2.45) is 0 Å². The van der Waals surface area contributed by atoms with Crippen molar-refractivity contribution in [3.8, 4) is 5.75 Å². The smallest absolute Gasteiger partial charge is 0.182 e. The zero-order valence-corrected chi connectivity index (χ0v) is 9.08. The molecule has 0 bridgehead atoms. The van der Waals surface area contributed by atoms with Crippen molar-refractivity contribution < 1.29 is 9.13 Å². The van der Waals surface area contributed by atoms with Gasteiger partial charge in [0.05, 0.1) is 16.3 Å². The molecular weight excluding hydrogens is 223 g/mol. The molecule has 0 aliphatic rings. The van der Waals surface area contributed by atoms with Gasteiger partial charge in [0.1, 0.15) is 0 Å². The molecular formula is C10H8ClFOS. The summed E-state index contributed by atoms with van der Waals surface area (Å²) in [5, 5.41) is 3.10. The number of ether oxygens (including phenoxy) is 1. The van der Waals surface area contributed by atoms with E-state index < -0.39 is 0 Å². The van der Waals surface area contributed by atoms with Crippen molar-refractivity contribution in [3.05, 3.63) is 28.4 Å². The Hall–Kier alpha value is -0.800. The van der Waals surface area contributed by atoms with Crippen molar-refractivity contribution >= 4 is 33.0 Å². The number of rotatable bonds is 2. The summed E-state index contributed by atoms with van der Waals surface area (Å²) in [5.41, 5.74) is 0. The molecule has 0 radical (unpaired) electrons. The van der Waals surface area contributed by atoms with Crippen LogP contribution in [0.25, 0.3) is 10.1 Å². The summed E-state index contributed by atoms with van der Waals surface area (Å²) >= 11 is 7.30. The predicted octanol–water partition coefficient (Wildman–Crippen LogP) is 4.09. The minimum absolute atomic E-state index is 0.229. The Morgan fingerprint density at radius 1 is 1.57 bits per heavy atom. The second kappa shape index (κ2) is 3.75. The summed E-state index contributed by atoms with van der Waals surface area (Å²) in [6.07, 6.45) is 0. The van der Waals surface area contributed by atoms with Crippen molar-refractivity contribution in [1.29, 1.82) is 0 Å². The van der Waals surface area contributed by atoms with Crippen LogP contribution in [0.2, 0.25) is 5.02 Å². The van der Waals surface area contributed by atoms with Gasteiger partial charge in [0, 0.05) is 11.5 Å². The van der Waals surface area contributed by atoms with Crippen LogP contribution in [0.15, 0.2) is 17.5 Å². The third-order valence-corrected chi connectivity index (χ3v) is 3.12. The number of benzene rings is 1. The van der Waals surface area contributed by atoms with E-state index in [9.17, 15) is 4.39 Å². The Morgan fingerprint density at radius 2 is 2.36 bits per heavy atom. The number of hydrogen-bond donors (Lipinski definition) is 0. The maximum atomic E-state index is 13.7. The van der Waals surface area contributed by atoms with Crippen LogP contribution < -0.4 is 4.74 Å². The van der Waals surface area contributed by atoms with E-state index in [0.717, 1.165) is 5.39 Å². The normalized spacial score (nSPS) is 10.8. The summed E-state index contributed by atoms with van der Waals surface area (Å²) in [5.74, 6) is -0.0892. The molecule has 0 amide bonds. The fraction of sp³-hybridized carbons (Fsp3) is 0.200. The maximum absolute atomic E-state index is 13.7. The summed E-state index contributed by atoms with van der Waals surface area (Å²) in [7, 11) is 0. The van der Waals surface area contributed by atoms with Crippen LogP contribution in [0.4, 0.5) is 4.39 Å². The Morgan fingerprint density at radius 3 is 3.07 bits per heavy atom.